The molecule has 1 amide bonds. The molecule has 26 heavy (non-hydrogen) atoms. The number of methoxy groups -OCH3 is 1. The van der Waals surface area contributed by atoms with Gasteiger partial charge in [-0.3, -0.25) is 9.78 Å². The highest BCUT2D eigenvalue weighted by Crippen LogP contribution is 2.35. The summed E-state index contributed by atoms with van der Waals surface area (Å²) in [5.41, 5.74) is 7.35. The SMILES string of the molecule is COc1ccncc1-c1cc2cc(NC(=O)C3CC3F)ncc2c(N)n1. The zero-order valence-electron chi connectivity index (χ0n) is 13.9. The van der Waals surface area contributed by atoms with E-state index in [4.69, 9.17) is 10.5 Å². The molecule has 1 fully saturated rings. The number of ether oxygens (including phenoxy) is 1. The van der Waals surface area contributed by atoms with Gasteiger partial charge in [0.2, 0.25) is 5.91 Å². The van der Waals surface area contributed by atoms with Crippen LogP contribution < -0.4 is 15.8 Å². The lowest BCUT2D eigenvalue weighted by atomic mass is 10.1. The van der Waals surface area contributed by atoms with Crippen molar-refractivity contribution in [2.45, 2.75) is 12.6 Å². The lowest BCUT2D eigenvalue weighted by Crippen LogP contribution is -2.15. The molecule has 1 aliphatic rings. The van der Waals surface area contributed by atoms with E-state index >= 15 is 0 Å². The minimum Gasteiger partial charge on any atom is -0.496 e. The van der Waals surface area contributed by atoms with Crippen LogP contribution >= 0.6 is 0 Å². The Morgan fingerprint density at radius 3 is 2.92 bits per heavy atom. The minimum absolute atomic E-state index is 0.265. The van der Waals surface area contributed by atoms with E-state index in [1.165, 1.54) is 6.20 Å². The molecule has 2 atom stereocenters. The molecule has 1 aliphatic carbocycles. The number of amides is 1. The predicted octanol–water partition coefficient (Wildman–Crippen LogP) is 2.58. The number of pyridine rings is 3. The molecule has 2 unspecified atom stereocenters. The van der Waals surface area contributed by atoms with E-state index in [0.29, 0.717) is 34.0 Å². The number of alkyl halides is 1. The quantitative estimate of drug-likeness (QED) is 0.747. The van der Waals surface area contributed by atoms with Crippen molar-refractivity contribution in [1.29, 1.82) is 0 Å². The summed E-state index contributed by atoms with van der Waals surface area (Å²) in [4.78, 5) is 24.6. The first kappa shape index (κ1) is 16.2. The Morgan fingerprint density at radius 1 is 1.38 bits per heavy atom. The summed E-state index contributed by atoms with van der Waals surface area (Å²) in [5.74, 6) is 0.332. The minimum atomic E-state index is -1.06. The van der Waals surface area contributed by atoms with Crippen LogP contribution in [0, 0.1) is 5.92 Å². The first-order valence-electron chi connectivity index (χ1n) is 8.06. The first-order chi connectivity index (χ1) is 12.6. The summed E-state index contributed by atoms with van der Waals surface area (Å²) in [7, 11) is 1.57. The molecular formula is C18H16FN5O2. The smallest absolute Gasteiger partial charge is 0.231 e. The van der Waals surface area contributed by atoms with Crippen LogP contribution in [0.15, 0.2) is 36.8 Å². The Morgan fingerprint density at radius 2 is 2.19 bits per heavy atom. The van der Waals surface area contributed by atoms with Crippen LogP contribution in [0.4, 0.5) is 16.0 Å². The number of nitrogens with zero attached hydrogens (tertiary/aromatic N) is 3. The van der Waals surface area contributed by atoms with Crippen molar-refractivity contribution in [1.82, 2.24) is 15.0 Å². The van der Waals surface area contributed by atoms with Gasteiger partial charge in [-0.1, -0.05) is 0 Å². The number of halogens is 1. The van der Waals surface area contributed by atoms with Gasteiger partial charge in [-0.15, -0.1) is 0 Å². The van der Waals surface area contributed by atoms with Crippen molar-refractivity contribution in [3.63, 3.8) is 0 Å². The van der Waals surface area contributed by atoms with Crippen molar-refractivity contribution in [3.8, 4) is 17.0 Å². The highest BCUT2D eigenvalue weighted by molar-refractivity contribution is 5.98. The van der Waals surface area contributed by atoms with Gasteiger partial charge in [0, 0.05) is 24.0 Å². The van der Waals surface area contributed by atoms with Gasteiger partial charge in [0.15, 0.2) is 0 Å². The number of carbonyl (C=O) groups is 1. The maximum Gasteiger partial charge on any atom is 0.231 e. The second kappa shape index (κ2) is 6.21. The molecule has 3 N–H and O–H groups in total. The molecule has 0 spiro atoms. The number of carbonyl (C=O) groups excluding carboxylic acids is 1. The van der Waals surface area contributed by atoms with E-state index < -0.39 is 12.1 Å². The second-order valence-corrected chi connectivity index (χ2v) is 6.11. The maximum atomic E-state index is 13.0. The summed E-state index contributed by atoms with van der Waals surface area (Å²) in [6.45, 7) is 0. The van der Waals surface area contributed by atoms with Crippen LogP contribution in [0.2, 0.25) is 0 Å². The Labute approximate surface area is 148 Å². The number of rotatable bonds is 4. The van der Waals surface area contributed by atoms with Crippen molar-refractivity contribution < 1.29 is 13.9 Å². The Bertz CT molecular complexity index is 1010. The number of nitrogen functional groups attached to an aromatic ring is 1. The van der Waals surface area contributed by atoms with Crippen LogP contribution in [0.25, 0.3) is 22.0 Å². The van der Waals surface area contributed by atoms with Crippen molar-refractivity contribution in [2.24, 2.45) is 5.92 Å². The third kappa shape index (κ3) is 2.90. The molecule has 132 valence electrons. The number of hydrogen-bond acceptors (Lipinski definition) is 6. The van der Waals surface area contributed by atoms with Crippen LogP contribution in [0.3, 0.4) is 0 Å². The summed E-state index contributed by atoms with van der Waals surface area (Å²) < 4.78 is 18.4. The lowest BCUT2D eigenvalue weighted by Gasteiger charge is -2.10. The van der Waals surface area contributed by atoms with E-state index in [9.17, 15) is 9.18 Å². The molecule has 8 heteroatoms. The van der Waals surface area contributed by atoms with Crippen LogP contribution in [0.1, 0.15) is 6.42 Å². The van der Waals surface area contributed by atoms with Gasteiger partial charge in [0.05, 0.1) is 24.3 Å². The highest BCUT2D eigenvalue weighted by Gasteiger charge is 2.43. The Balaban J connectivity index is 1.73. The van der Waals surface area contributed by atoms with Crippen molar-refractivity contribution >= 4 is 28.3 Å². The number of hydrogen-bond donors (Lipinski definition) is 2. The number of fused-ring (bicyclic) bond motifs is 1. The Kier molecular flexibility index (Phi) is 3.87. The van der Waals surface area contributed by atoms with E-state index in [1.807, 2.05) is 6.07 Å². The molecular weight excluding hydrogens is 337 g/mol. The first-order valence-corrected chi connectivity index (χ1v) is 8.06. The fourth-order valence-electron chi connectivity index (χ4n) is 2.79. The van der Waals surface area contributed by atoms with Crippen molar-refractivity contribution in [2.75, 3.05) is 18.2 Å². The molecule has 0 saturated heterocycles. The van der Waals surface area contributed by atoms with E-state index in [0.717, 1.165) is 5.39 Å². The number of aromatic nitrogens is 3. The molecule has 0 radical (unpaired) electrons. The zero-order chi connectivity index (χ0) is 18.3. The largest absolute Gasteiger partial charge is 0.496 e. The van der Waals surface area contributed by atoms with Gasteiger partial charge >= 0.3 is 0 Å². The third-order valence-corrected chi connectivity index (χ3v) is 4.32. The van der Waals surface area contributed by atoms with Crippen LogP contribution in [-0.4, -0.2) is 34.1 Å². The fourth-order valence-corrected chi connectivity index (χ4v) is 2.79. The van der Waals surface area contributed by atoms with Gasteiger partial charge in [-0.2, -0.15) is 0 Å². The molecule has 7 nitrogen and oxygen atoms in total. The standard InChI is InChI=1S/C18H16FN5O2/c1-26-15-2-3-21-7-12(15)14-4-9-5-16(22-8-11(9)17(20)23-14)24-18(25)10-6-13(10)19/h2-5,7-8,10,13H,6H2,1H3,(H2,20,23)(H,22,24,25). The summed E-state index contributed by atoms with van der Waals surface area (Å²) in [6.07, 6.45) is 4.02. The normalized spacial score (nSPS) is 18.5. The molecule has 0 aromatic carbocycles. The molecule has 0 aliphatic heterocycles. The van der Waals surface area contributed by atoms with E-state index in [-0.39, 0.29) is 12.3 Å². The van der Waals surface area contributed by atoms with Gasteiger partial charge in [0.1, 0.15) is 23.6 Å². The molecule has 3 aromatic rings. The second-order valence-electron chi connectivity index (χ2n) is 6.11. The summed E-state index contributed by atoms with van der Waals surface area (Å²) in [5, 5.41) is 4.04. The number of anilines is 2. The fraction of sp³-hybridized carbons (Fsp3) is 0.222. The van der Waals surface area contributed by atoms with E-state index in [1.54, 1.807) is 31.6 Å². The van der Waals surface area contributed by atoms with Crippen LogP contribution in [-0.2, 0) is 4.79 Å². The van der Waals surface area contributed by atoms with Gasteiger partial charge in [0.25, 0.3) is 0 Å². The average molecular weight is 353 g/mol. The Hall–Kier alpha value is -3.29. The summed E-state index contributed by atoms with van der Waals surface area (Å²) in [6, 6.07) is 5.24. The highest BCUT2D eigenvalue weighted by atomic mass is 19.1. The molecule has 3 aromatic heterocycles. The monoisotopic (exact) mass is 353 g/mol. The lowest BCUT2D eigenvalue weighted by molar-refractivity contribution is -0.117. The van der Waals surface area contributed by atoms with E-state index in [2.05, 4.69) is 20.3 Å². The molecule has 0 bridgehead atoms. The molecule has 1 saturated carbocycles. The predicted molar refractivity (Wildman–Crippen MR) is 95.4 cm³/mol. The molecule has 4 rings (SSSR count). The van der Waals surface area contributed by atoms with Gasteiger partial charge in [-0.25, -0.2) is 14.4 Å². The average Bonchev–Trinajstić information content (AvgIpc) is 3.38. The third-order valence-electron chi connectivity index (χ3n) is 4.32. The summed E-state index contributed by atoms with van der Waals surface area (Å²) >= 11 is 0. The van der Waals surface area contributed by atoms with Gasteiger partial charge in [-0.05, 0) is 30.0 Å². The van der Waals surface area contributed by atoms with Crippen molar-refractivity contribution in [3.05, 3.63) is 36.8 Å². The number of nitrogens with two attached hydrogens (primary N) is 1. The topological polar surface area (TPSA) is 103 Å². The molecule has 3 heterocycles. The number of nitrogens with one attached hydrogen (secondary N) is 1. The van der Waals surface area contributed by atoms with Crippen LogP contribution in [0.5, 0.6) is 5.75 Å². The zero-order valence-corrected chi connectivity index (χ0v) is 13.9. The maximum absolute atomic E-state index is 13.0. The van der Waals surface area contributed by atoms with Gasteiger partial charge < -0.3 is 15.8 Å².